The highest BCUT2D eigenvalue weighted by Gasteiger charge is 2.25. The smallest absolute Gasteiger partial charge is 0.410 e. The van der Waals surface area contributed by atoms with Crippen LogP contribution >= 0.6 is 0 Å². The van der Waals surface area contributed by atoms with E-state index in [4.69, 9.17) is 4.74 Å². The van der Waals surface area contributed by atoms with E-state index in [1.807, 2.05) is 18.2 Å². The van der Waals surface area contributed by atoms with E-state index >= 15 is 0 Å². The lowest BCUT2D eigenvalue weighted by Gasteiger charge is -2.20. The van der Waals surface area contributed by atoms with Gasteiger partial charge in [-0.1, -0.05) is 18.2 Å². The van der Waals surface area contributed by atoms with Crippen molar-refractivity contribution in [3.8, 4) is 5.75 Å². The molecule has 1 aromatic carbocycles. The maximum atomic E-state index is 11.7. The molecule has 1 aliphatic heterocycles. The third-order valence-electron chi connectivity index (χ3n) is 3.23. The third kappa shape index (κ3) is 3.47. The number of benzene rings is 1. The molecule has 0 saturated carbocycles. The number of para-hydroxylation sites is 1. The van der Waals surface area contributed by atoms with Crippen molar-refractivity contribution in [2.45, 2.75) is 32.4 Å². The van der Waals surface area contributed by atoms with Gasteiger partial charge >= 0.3 is 6.09 Å². The number of amides is 1. The normalized spacial score (nSPS) is 20.1. The minimum atomic E-state index is -0.364. The van der Waals surface area contributed by atoms with Gasteiger partial charge in [0.2, 0.25) is 0 Å². The fourth-order valence-electron chi connectivity index (χ4n) is 2.17. The highest BCUT2D eigenvalue weighted by atomic mass is 16.6. The van der Waals surface area contributed by atoms with Crippen molar-refractivity contribution >= 4 is 6.09 Å². The molecule has 1 aromatic rings. The van der Waals surface area contributed by atoms with Crippen LogP contribution in [-0.2, 0) is 0 Å². The number of nitrogens with zero attached hydrogens (tertiary/aromatic N) is 1. The molecule has 1 aliphatic rings. The second kappa shape index (κ2) is 5.87. The zero-order valence-electron chi connectivity index (χ0n) is 10.9. The largest absolute Gasteiger partial charge is 0.412 e. The molecule has 4 heteroatoms. The molecule has 0 radical (unpaired) electrons. The Bertz CT molecular complexity index is 392. The Kier molecular flexibility index (Phi) is 4.20. The molecule has 18 heavy (non-hydrogen) atoms. The van der Waals surface area contributed by atoms with Crippen LogP contribution in [0, 0.1) is 0 Å². The van der Waals surface area contributed by atoms with E-state index in [1.165, 1.54) is 0 Å². The molecule has 1 heterocycles. The number of nitrogens with one attached hydrogen (secondary N) is 1. The van der Waals surface area contributed by atoms with E-state index in [2.05, 4.69) is 24.1 Å². The van der Waals surface area contributed by atoms with Crippen LogP contribution in [0.25, 0.3) is 0 Å². The van der Waals surface area contributed by atoms with Gasteiger partial charge in [-0.05, 0) is 32.4 Å². The van der Waals surface area contributed by atoms with Gasteiger partial charge in [0.25, 0.3) is 0 Å². The second-order valence-corrected chi connectivity index (χ2v) is 4.92. The molecule has 1 atom stereocenters. The topological polar surface area (TPSA) is 41.6 Å². The number of likely N-dealkylation sites (tertiary alicyclic amines) is 1. The van der Waals surface area contributed by atoms with E-state index in [-0.39, 0.29) is 12.1 Å². The lowest BCUT2D eigenvalue weighted by atomic mass is 10.3. The maximum absolute atomic E-state index is 11.7. The predicted molar refractivity (Wildman–Crippen MR) is 70.7 cm³/mol. The monoisotopic (exact) mass is 248 g/mol. The first-order valence-electron chi connectivity index (χ1n) is 6.42. The summed E-state index contributed by atoms with van der Waals surface area (Å²) in [7, 11) is 0. The molecule has 98 valence electrons. The first-order valence-corrected chi connectivity index (χ1v) is 6.42. The minimum absolute atomic E-state index is 0.198. The Morgan fingerprint density at radius 1 is 1.39 bits per heavy atom. The summed E-state index contributed by atoms with van der Waals surface area (Å²) in [6, 6.07) is 9.86. The van der Waals surface area contributed by atoms with Crippen molar-refractivity contribution in [3.05, 3.63) is 30.3 Å². The summed E-state index contributed by atoms with van der Waals surface area (Å²) in [4.78, 5) is 14.0. The number of hydrogen-bond acceptors (Lipinski definition) is 3. The zero-order chi connectivity index (χ0) is 13.0. The molecule has 0 aromatic heterocycles. The number of ether oxygens (including phenoxy) is 1. The van der Waals surface area contributed by atoms with Gasteiger partial charge in [-0.3, -0.25) is 4.90 Å². The van der Waals surface area contributed by atoms with Crippen molar-refractivity contribution in [2.24, 2.45) is 0 Å². The summed E-state index contributed by atoms with van der Waals surface area (Å²) in [5.41, 5.74) is 0. The lowest BCUT2D eigenvalue weighted by molar-refractivity contribution is 0.194. The maximum Gasteiger partial charge on any atom is 0.412 e. The quantitative estimate of drug-likeness (QED) is 0.892. The van der Waals surface area contributed by atoms with Gasteiger partial charge in [0.15, 0.2) is 0 Å². The molecule has 4 nitrogen and oxygen atoms in total. The Balaban J connectivity index is 1.79. The summed E-state index contributed by atoms with van der Waals surface area (Å²) < 4.78 is 5.20. The Morgan fingerprint density at radius 3 is 2.72 bits per heavy atom. The zero-order valence-corrected chi connectivity index (χ0v) is 10.9. The molecule has 1 unspecified atom stereocenters. The molecule has 1 amide bonds. The molecule has 0 spiro atoms. The van der Waals surface area contributed by atoms with Crippen molar-refractivity contribution < 1.29 is 9.53 Å². The van der Waals surface area contributed by atoms with Crippen LogP contribution in [0.4, 0.5) is 4.79 Å². The van der Waals surface area contributed by atoms with E-state index < -0.39 is 0 Å². The summed E-state index contributed by atoms with van der Waals surface area (Å²) in [6.07, 6.45) is 0.624. The van der Waals surface area contributed by atoms with Gasteiger partial charge in [-0.15, -0.1) is 0 Å². The van der Waals surface area contributed by atoms with Crippen molar-refractivity contribution in [2.75, 3.05) is 13.1 Å². The molecule has 0 aliphatic carbocycles. The van der Waals surface area contributed by atoms with Crippen LogP contribution in [0.3, 0.4) is 0 Å². The van der Waals surface area contributed by atoms with Gasteiger partial charge in [0.05, 0.1) is 0 Å². The molecule has 1 saturated heterocycles. The van der Waals surface area contributed by atoms with Gasteiger partial charge in [0, 0.05) is 25.2 Å². The van der Waals surface area contributed by atoms with Crippen LogP contribution in [0.1, 0.15) is 20.3 Å². The summed E-state index contributed by atoms with van der Waals surface area (Å²) in [5, 5.41) is 2.91. The SMILES string of the molecule is CC(C)N1CCC(NC(=O)Oc2ccccc2)C1. The van der Waals surface area contributed by atoms with Crippen LogP contribution in [0.2, 0.25) is 0 Å². The number of carbonyl (C=O) groups is 1. The summed E-state index contributed by atoms with van der Waals surface area (Å²) in [6.45, 7) is 6.28. The molecular weight excluding hydrogens is 228 g/mol. The number of carbonyl (C=O) groups excluding carboxylic acids is 1. The Hall–Kier alpha value is -1.55. The predicted octanol–water partition coefficient (Wildman–Crippen LogP) is 2.26. The van der Waals surface area contributed by atoms with E-state index in [1.54, 1.807) is 12.1 Å². The van der Waals surface area contributed by atoms with Crippen LogP contribution < -0.4 is 10.1 Å². The van der Waals surface area contributed by atoms with Crippen LogP contribution in [0.15, 0.2) is 30.3 Å². The average molecular weight is 248 g/mol. The second-order valence-electron chi connectivity index (χ2n) is 4.92. The lowest BCUT2D eigenvalue weighted by Crippen LogP contribution is -2.39. The first-order chi connectivity index (χ1) is 8.65. The van der Waals surface area contributed by atoms with Gasteiger partial charge in [0.1, 0.15) is 5.75 Å². The standard InChI is InChI=1S/C14H20N2O2/c1-11(2)16-9-8-12(10-16)15-14(17)18-13-6-4-3-5-7-13/h3-7,11-12H,8-10H2,1-2H3,(H,15,17). The molecule has 1 N–H and O–H groups in total. The van der Waals surface area contributed by atoms with Gasteiger partial charge < -0.3 is 10.1 Å². The number of hydrogen-bond donors (Lipinski definition) is 1. The molecule has 2 rings (SSSR count). The van der Waals surface area contributed by atoms with Crippen LogP contribution in [0.5, 0.6) is 5.75 Å². The van der Waals surface area contributed by atoms with Crippen molar-refractivity contribution in [1.82, 2.24) is 10.2 Å². The first kappa shape index (κ1) is 12.9. The van der Waals surface area contributed by atoms with Gasteiger partial charge in [-0.25, -0.2) is 4.79 Å². The van der Waals surface area contributed by atoms with E-state index in [0.29, 0.717) is 11.8 Å². The van der Waals surface area contributed by atoms with Gasteiger partial charge in [-0.2, -0.15) is 0 Å². The molecular formula is C14H20N2O2. The Morgan fingerprint density at radius 2 is 2.11 bits per heavy atom. The Labute approximate surface area is 108 Å². The summed E-state index contributed by atoms with van der Waals surface area (Å²) in [5.74, 6) is 0.578. The fraction of sp³-hybridized carbons (Fsp3) is 0.500. The average Bonchev–Trinajstić information content (AvgIpc) is 2.78. The highest BCUT2D eigenvalue weighted by Crippen LogP contribution is 2.13. The molecule has 0 bridgehead atoms. The highest BCUT2D eigenvalue weighted by molar-refractivity contribution is 5.70. The van der Waals surface area contributed by atoms with Crippen molar-refractivity contribution in [1.29, 1.82) is 0 Å². The molecule has 1 fully saturated rings. The third-order valence-corrected chi connectivity index (χ3v) is 3.23. The van der Waals surface area contributed by atoms with E-state index in [0.717, 1.165) is 19.5 Å². The van der Waals surface area contributed by atoms with Crippen molar-refractivity contribution in [3.63, 3.8) is 0 Å². The minimum Gasteiger partial charge on any atom is -0.410 e. The number of rotatable bonds is 3. The fourth-order valence-corrected chi connectivity index (χ4v) is 2.17. The summed E-state index contributed by atoms with van der Waals surface area (Å²) >= 11 is 0. The van der Waals surface area contributed by atoms with Crippen LogP contribution in [-0.4, -0.2) is 36.2 Å². The van der Waals surface area contributed by atoms with E-state index in [9.17, 15) is 4.79 Å².